The monoisotopic (exact) mass is 252 g/mol. The van der Waals surface area contributed by atoms with Crippen molar-refractivity contribution in [2.75, 3.05) is 0 Å². The van der Waals surface area contributed by atoms with Crippen molar-refractivity contribution in [3.63, 3.8) is 0 Å². The first-order chi connectivity index (χ1) is 6.77. The molecule has 0 saturated heterocycles. The van der Waals surface area contributed by atoms with Crippen molar-refractivity contribution >= 4 is 15.9 Å². The Morgan fingerprint density at radius 1 is 1.00 bits per heavy atom. The summed E-state index contributed by atoms with van der Waals surface area (Å²) in [6.45, 7) is 0. The van der Waals surface area contributed by atoms with E-state index in [1.54, 1.807) is 0 Å². The molecule has 74 valence electrons. The van der Waals surface area contributed by atoms with Gasteiger partial charge in [0.2, 0.25) is 0 Å². The van der Waals surface area contributed by atoms with Gasteiger partial charge in [-0.15, -0.1) is 0 Å². The minimum absolute atomic E-state index is 0.512. The van der Waals surface area contributed by atoms with Gasteiger partial charge in [-0.25, -0.2) is 0 Å². The lowest BCUT2D eigenvalue weighted by Crippen LogP contribution is -2.22. The van der Waals surface area contributed by atoms with E-state index in [1.165, 1.54) is 41.3 Å². The molecule has 0 unspecified atom stereocenters. The Bertz CT molecular complexity index is 341. The number of halogens is 1. The average Bonchev–Trinajstić information content (AvgIpc) is 2.25. The van der Waals surface area contributed by atoms with Gasteiger partial charge in [0.05, 0.1) is 0 Å². The molecule has 4 rings (SSSR count). The van der Waals surface area contributed by atoms with Crippen LogP contribution in [0, 0.1) is 0 Å². The standard InChI is InChI=1S/C12H13BrO/c13-9-5-6-10(14)12-8-3-1-7(2-4-8)11(9)12/h5-8,14H,1-4H2. The molecule has 14 heavy (non-hydrogen) atoms. The first-order valence-corrected chi connectivity index (χ1v) is 6.08. The molecule has 0 aliphatic heterocycles. The van der Waals surface area contributed by atoms with E-state index in [0.29, 0.717) is 17.6 Å². The van der Waals surface area contributed by atoms with Gasteiger partial charge in [-0.2, -0.15) is 0 Å². The van der Waals surface area contributed by atoms with Crippen LogP contribution in [-0.4, -0.2) is 5.11 Å². The van der Waals surface area contributed by atoms with Crippen LogP contribution in [0.1, 0.15) is 48.6 Å². The molecule has 3 aliphatic rings. The van der Waals surface area contributed by atoms with Gasteiger partial charge in [0.1, 0.15) is 5.75 Å². The topological polar surface area (TPSA) is 20.2 Å². The molecule has 2 bridgehead atoms. The third-order valence-corrected chi connectivity index (χ3v) is 4.45. The maximum atomic E-state index is 9.88. The maximum Gasteiger partial charge on any atom is 0.119 e. The zero-order valence-corrected chi connectivity index (χ0v) is 9.55. The minimum atomic E-state index is 0.512. The highest BCUT2D eigenvalue weighted by Crippen LogP contribution is 2.54. The summed E-state index contributed by atoms with van der Waals surface area (Å²) >= 11 is 3.61. The molecule has 0 atom stereocenters. The van der Waals surface area contributed by atoms with Crippen LogP contribution in [0.4, 0.5) is 0 Å². The summed E-state index contributed by atoms with van der Waals surface area (Å²) in [4.78, 5) is 0. The van der Waals surface area contributed by atoms with Crippen LogP contribution in [-0.2, 0) is 0 Å². The van der Waals surface area contributed by atoms with Crippen LogP contribution in [0.25, 0.3) is 0 Å². The molecule has 1 nitrogen and oxygen atoms in total. The van der Waals surface area contributed by atoms with Crippen molar-refractivity contribution in [3.8, 4) is 5.75 Å². The van der Waals surface area contributed by atoms with Crippen molar-refractivity contribution in [3.05, 3.63) is 27.7 Å². The zero-order chi connectivity index (χ0) is 9.71. The fourth-order valence-electron chi connectivity index (χ4n) is 3.11. The Kier molecular flexibility index (Phi) is 1.88. The van der Waals surface area contributed by atoms with Crippen LogP contribution >= 0.6 is 15.9 Å². The van der Waals surface area contributed by atoms with E-state index >= 15 is 0 Å². The number of phenolic OH excluding ortho intramolecular Hbond substituents is 1. The lowest BCUT2D eigenvalue weighted by atomic mass is 9.67. The molecule has 0 radical (unpaired) electrons. The molecule has 3 aliphatic carbocycles. The average molecular weight is 253 g/mol. The van der Waals surface area contributed by atoms with Gasteiger partial charge in [-0.1, -0.05) is 15.9 Å². The first-order valence-electron chi connectivity index (χ1n) is 5.28. The van der Waals surface area contributed by atoms with Crippen LogP contribution < -0.4 is 0 Å². The molecule has 0 aromatic heterocycles. The second-order valence-electron chi connectivity index (χ2n) is 4.44. The Morgan fingerprint density at radius 2 is 1.57 bits per heavy atom. The second-order valence-corrected chi connectivity index (χ2v) is 5.30. The van der Waals surface area contributed by atoms with Gasteiger partial charge in [0.15, 0.2) is 0 Å². The van der Waals surface area contributed by atoms with Crippen molar-refractivity contribution in [2.45, 2.75) is 37.5 Å². The van der Waals surface area contributed by atoms with Gasteiger partial charge in [0, 0.05) is 10.0 Å². The quantitative estimate of drug-likeness (QED) is 0.743. The number of phenols is 1. The Labute approximate surface area is 92.3 Å². The zero-order valence-electron chi connectivity index (χ0n) is 7.96. The number of hydrogen-bond donors (Lipinski definition) is 1. The van der Waals surface area contributed by atoms with E-state index in [9.17, 15) is 5.11 Å². The summed E-state index contributed by atoms with van der Waals surface area (Å²) in [6, 6.07) is 3.80. The number of aromatic hydroxyl groups is 1. The highest BCUT2D eigenvalue weighted by Gasteiger charge is 2.35. The maximum absolute atomic E-state index is 9.88. The molecule has 0 amide bonds. The molecule has 0 heterocycles. The second kappa shape index (κ2) is 2.99. The molecule has 1 N–H and O–H groups in total. The SMILES string of the molecule is Oc1ccc(Br)c2c1C1CCC2CC1. The molecule has 1 aromatic rings. The number of hydrogen-bond acceptors (Lipinski definition) is 1. The van der Waals surface area contributed by atoms with Crippen LogP contribution in [0.15, 0.2) is 16.6 Å². The smallest absolute Gasteiger partial charge is 0.119 e. The molecule has 1 aromatic carbocycles. The largest absolute Gasteiger partial charge is 0.508 e. The van der Waals surface area contributed by atoms with E-state index in [-0.39, 0.29) is 0 Å². The van der Waals surface area contributed by atoms with Crippen LogP contribution in [0.5, 0.6) is 5.75 Å². The van der Waals surface area contributed by atoms with Crippen molar-refractivity contribution in [2.24, 2.45) is 0 Å². The van der Waals surface area contributed by atoms with Crippen molar-refractivity contribution < 1.29 is 5.11 Å². The summed E-state index contributed by atoms with van der Waals surface area (Å²) in [5, 5.41) is 9.88. The number of rotatable bonds is 0. The normalized spacial score (nSPS) is 28.9. The summed E-state index contributed by atoms with van der Waals surface area (Å²) < 4.78 is 1.19. The molecular formula is C12H13BrO. The van der Waals surface area contributed by atoms with Crippen LogP contribution in [0.2, 0.25) is 0 Å². The van der Waals surface area contributed by atoms with E-state index in [2.05, 4.69) is 15.9 Å². The predicted molar refractivity (Wildman–Crippen MR) is 59.8 cm³/mol. The molecule has 1 saturated carbocycles. The molecule has 1 fully saturated rings. The van der Waals surface area contributed by atoms with E-state index in [0.717, 1.165) is 0 Å². The summed E-state index contributed by atoms with van der Waals surface area (Å²) in [5.74, 6) is 1.82. The lowest BCUT2D eigenvalue weighted by molar-refractivity contribution is 0.342. The minimum Gasteiger partial charge on any atom is -0.508 e. The third kappa shape index (κ3) is 1.07. The number of fused-ring (bicyclic) bond motifs is 2. The highest BCUT2D eigenvalue weighted by molar-refractivity contribution is 9.10. The molecule has 2 heteroatoms. The first kappa shape index (κ1) is 8.78. The van der Waals surface area contributed by atoms with Gasteiger partial charge in [-0.3, -0.25) is 0 Å². The van der Waals surface area contributed by atoms with Crippen molar-refractivity contribution in [1.29, 1.82) is 0 Å². The number of benzene rings is 1. The Morgan fingerprint density at radius 3 is 2.14 bits per heavy atom. The van der Waals surface area contributed by atoms with Gasteiger partial charge in [0.25, 0.3) is 0 Å². The molecule has 0 spiro atoms. The van der Waals surface area contributed by atoms with Crippen LogP contribution in [0.3, 0.4) is 0 Å². The summed E-state index contributed by atoms with van der Waals surface area (Å²) in [7, 11) is 0. The van der Waals surface area contributed by atoms with Gasteiger partial charge < -0.3 is 5.11 Å². The summed E-state index contributed by atoms with van der Waals surface area (Å²) in [6.07, 6.45) is 5.14. The Balaban J connectivity index is 2.27. The summed E-state index contributed by atoms with van der Waals surface area (Å²) in [5.41, 5.74) is 2.63. The fraction of sp³-hybridized carbons (Fsp3) is 0.500. The van der Waals surface area contributed by atoms with Crippen molar-refractivity contribution in [1.82, 2.24) is 0 Å². The third-order valence-electron chi connectivity index (χ3n) is 3.75. The predicted octanol–water partition coefficient (Wildman–Crippen LogP) is 3.91. The highest BCUT2D eigenvalue weighted by atomic mass is 79.9. The lowest BCUT2D eigenvalue weighted by Gasteiger charge is -2.39. The van der Waals surface area contributed by atoms with E-state index < -0.39 is 0 Å². The molecular weight excluding hydrogens is 240 g/mol. The van der Waals surface area contributed by atoms with E-state index in [4.69, 9.17) is 0 Å². The Hall–Kier alpha value is -0.500. The van der Waals surface area contributed by atoms with E-state index in [1.807, 2.05) is 12.1 Å². The van der Waals surface area contributed by atoms with Gasteiger partial charge >= 0.3 is 0 Å². The fourth-order valence-corrected chi connectivity index (χ4v) is 3.78. The van der Waals surface area contributed by atoms with Gasteiger partial charge in [-0.05, 0) is 55.2 Å².